The second kappa shape index (κ2) is 37.9. The van der Waals surface area contributed by atoms with E-state index in [1.165, 1.54) is 17.5 Å². The standard InChI is InChI=1S/C46H74ClN9O13S/c1-37-4-3-5-39(47)44(37)54-45(58)40-35-50-46(70-40)53-41-34-42(52-38(2)51-41)56-10-8-55(9-11-56)36-43(57)49-7-13-60-15-17-62-19-21-64-23-25-66-27-29-68-31-33-69-32-30-67-28-26-65-24-22-63-20-18-61-16-14-59-12-6-48/h3-5,34-35H,6-33,36,48H2,1-2H3,(H,49,57)(H,54,58)(H,50,51,52,53)/p+1. The van der Waals surface area contributed by atoms with Crippen molar-refractivity contribution in [1.82, 2.24) is 25.2 Å². The SMILES string of the molecule is Cc1nc(Nc2ncc(C(=O)Nc3c(C)cccc3Cl)s2)cc(N2CCN(CC(=O)NCCOCCOCCOCCOCCOCCOCCOCCOCCOCCOCCOCC[NH3+])CC2)n1. The highest BCUT2D eigenvalue weighted by atomic mass is 35.5. The zero-order chi connectivity index (χ0) is 49.7. The minimum atomic E-state index is -0.296. The first kappa shape index (κ1) is 58.8. The van der Waals surface area contributed by atoms with Gasteiger partial charge in [0, 0.05) is 38.8 Å². The fraction of sp³-hybridized carbons (Fsp3) is 0.674. The Labute approximate surface area is 420 Å². The van der Waals surface area contributed by atoms with Gasteiger partial charge in [-0.3, -0.25) is 14.5 Å². The number of carbonyl (C=O) groups excluding carboxylic acids is 2. The number of quaternary nitrogens is 1. The van der Waals surface area contributed by atoms with Crippen molar-refractivity contribution in [2.75, 3.05) is 207 Å². The van der Waals surface area contributed by atoms with Crippen LogP contribution in [-0.4, -0.2) is 223 Å². The van der Waals surface area contributed by atoms with Gasteiger partial charge in [-0.25, -0.2) is 15.0 Å². The van der Waals surface area contributed by atoms with E-state index in [4.69, 9.17) is 63.7 Å². The molecule has 1 aliphatic heterocycles. The van der Waals surface area contributed by atoms with E-state index in [0.717, 1.165) is 17.9 Å². The highest BCUT2D eigenvalue weighted by molar-refractivity contribution is 7.17. The number of halogens is 1. The van der Waals surface area contributed by atoms with Gasteiger partial charge in [0.2, 0.25) is 5.91 Å². The molecular formula is C46H75ClN9O13S+. The Morgan fingerprint density at radius 2 is 1.13 bits per heavy atom. The van der Waals surface area contributed by atoms with Crippen LogP contribution in [0.25, 0.3) is 0 Å². The van der Waals surface area contributed by atoms with Gasteiger partial charge in [-0.15, -0.1) is 0 Å². The molecule has 394 valence electrons. The summed E-state index contributed by atoms with van der Waals surface area (Å²) in [5, 5.41) is 10.0. The molecule has 0 aliphatic carbocycles. The largest absolute Gasteiger partial charge is 0.377 e. The summed E-state index contributed by atoms with van der Waals surface area (Å²) in [4.78, 5) is 43.8. The van der Waals surface area contributed by atoms with Crippen LogP contribution in [0.4, 0.5) is 22.5 Å². The van der Waals surface area contributed by atoms with Crippen molar-refractivity contribution >= 4 is 57.2 Å². The maximum atomic E-state index is 12.9. The smallest absolute Gasteiger partial charge is 0.267 e. The number of aromatic nitrogens is 3. The molecule has 3 heterocycles. The number of hydrogen-bond donors (Lipinski definition) is 4. The number of hydrogen-bond acceptors (Lipinski definition) is 20. The highest BCUT2D eigenvalue weighted by Gasteiger charge is 2.21. The number of ether oxygens (including phenoxy) is 11. The van der Waals surface area contributed by atoms with Crippen molar-refractivity contribution < 1.29 is 67.4 Å². The number of para-hydroxylation sites is 1. The minimum Gasteiger partial charge on any atom is -0.377 e. The van der Waals surface area contributed by atoms with Gasteiger partial charge in [0.15, 0.2) is 5.13 Å². The highest BCUT2D eigenvalue weighted by Crippen LogP contribution is 2.28. The minimum absolute atomic E-state index is 0.0500. The molecule has 0 radical (unpaired) electrons. The first-order chi connectivity index (χ1) is 34.3. The molecule has 2 aromatic heterocycles. The predicted molar refractivity (Wildman–Crippen MR) is 265 cm³/mol. The number of aryl methyl sites for hydroxylation is 2. The monoisotopic (exact) mass is 1030 g/mol. The van der Waals surface area contributed by atoms with Gasteiger partial charge in [0.25, 0.3) is 5.91 Å². The van der Waals surface area contributed by atoms with E-state index in [9.17, 15) is 9.59 Å². The van der Waals surface area contributed by atoms with E-state index < -0.39 is 0 Å². The second-order valence-corrected chi connectivity index (χ2v) is 16.8. The summed E-state index contributed by atoms with van der Waals surface area (Å²) in [6.45, 7) is 18.9. The molecule has 0 bridgehead atoms. The fourth-order valence-electron chi connectivity index (χ4n) is 6.35. The molecule has 1 aromatic carbocycles. The van der Waals surface area contributed by atoms with Gasteiger partial charge >= 0.3 is 0 Å². The molecule has 2 amide bonds. The molecular weight excluding hydrogens is 954 g/mol. The summed E-state index contributed by atoms with van der Waals surface area (Å²) in [5.74, 6) is 1.60. The molecule has 0 unspecified atom stereocenters. The average Bonchev–Trinajstić information content (AvgIpc) is 3.82. The Hall–Kier alpha value is -3.76. The van der Waals surface area contributed by atoms with Gasteiger partial charge in [0.1, 0.15) is 22.3 Å². The molecule has 24 heteroatoms. The summed E-state index contributed by atoms with van der Waals surface area (Å²) in [7, 11) is 0. The molecule has 70 heavy (non-hydrogen) atoms. The number of rotatable bonds is 42. The van der Waals surface area contributed by atoms with E-state index in [-0.39, 0.29) is 11.8 Å². The predicted octanol–water partition coefficient (Wildman–Crippen LogP) is 1.86. The zero-order valence-corrected chi connectivity index (χ0v) is 42.5. The van der Waals surface area contributed by atoms with Crippen molar-refractivity contribution in [2.24, 2.45) is 0 Å². The average molecular weight is 1030 g/mol. The maximum absolute atomic E-state index is 12.9. The fourth-order valence-corrected chi connectivity index (χ4v) is 7.34. The molecule has 22 nitrogen and oxygen atoms in total. The molecule has 6 N–H and O–H groups in total. The van der Waals surface area contributed by atoms with E-state index >= 15 is 0 Å². The maximum Gasteiger partial charge on any atom is 0.267 e. The number of benzene rings is 1. The molecule has 4 rings (SSSR count). The number of anilines is 4. The first-order valence-electron chi connectivity index (χ1n) is 23.9. The van der Waals surface area contributed by atoms with Crippen molar-refractivity contribution in [2.45, 2.75) is 13.8 Å². The lowest BCUT2D eigenvalue weighted by atomic mass is 10.2. The van der Waals surface area contributed by atoms with Gasteiger partial charge < -0.3 is 78.7 Å². The van der Waals surface area contributed by atoms with Crippen LogP contribution >= 0.6 is 22.9 Å². The quantitative estimate of drug-likeness (QED) is 0.0592. The third kappa shape index (κ3) is 26.6. The van der Waals surface area contributed by atoms with Crippen molar-refractivity contribution in [1.29, 1.82) is 0 Å². The Morgan fingerprint density at radius 3 is 1.60 bits per heavy atom. The normalized spacial score (nSPS) is 13.0. The molecule has 1 saturated heterocycles. The Balaban J connectivity index is 0.867. The van der Waals surface area contributed by atoms with Gasteiger partial charge in [-0.2, -0.15) is 0 Å². The number of nitrogens with one attached hydrogen (secondary N) is 3. The van der Waals surface area contributed by atoms with E-state index in [0.29, 0.717) is 217 Å². The Morgan fingerprint density at radius 1 is 0.657 bits per heavy atom. The van der Waals surface area contributed by atoms with Crippen molar-refractivity contribution in [3.8, 4) is 0 Å². The summed E-state index contributed by atoms with van der Waals surface area (Å²) in [6, 6.07) is 7.31. The number of piperazine rings is 1. The van der Waals surface area contributed by atoms with Gasteiger partial charge in [-0.05, 0) is 25.5 Å². The topological polar surface area (TPSA) is 245 Å². The first-order valence-corrected chi connectivity index (χ1v) is 25.0. The van der Waals surface area contributed by atoms with Gasteiger partial charge in [0.05, 0.1) is 175 Å². The molecule has 1 aliphatic rings. The van der Waals surface area contributed by atoms with Crippen LogP contribution in [0.5, 0.6) is 0 Å². The van der Waals surface area contributed by atoms with E-state index in [1.54, 1.807) is 6.07 Å². The van der Waals surface area contributed by atoms with Crippen molar-refractivity contribution in [3.05, 3.63) is 51.7 Å². The lowest BCUT2D eigenvalue weighted by Gasteiger charge is -2.35. The molecule has 0 spiro atoms. The molecule has 1 fully saturated rings. The summed E-state index contributed by atoms with van der Waals surface area (Å²) in [6.07, 6.45) is 1.52. The second-order valence-electron chi connectivity index (χ2n) is 15.4. The van der Waals surface area contributed by atoms with Crippen molar-refractivity contribution in [3.63, 3.8) is 0 Å². The van der Waals surface area contributed by atoms with Crippen LogP contribution in [0.3, 0.4) is 0 Å². The zero-order valence-electron chi connectivity index (χ0n) is 40.9. The number of amides is 2. The summed E-state index contributed by atoms with van der Waals surface area (Å²) < 4.78 is 60.3. The summed E-state index contributed by atoms with van der Waals surface area (Å²) in [5.41, 5.74) is 5.15. The molecule has 0 saturated carbocycles. The Kier molecular flexibility index (Phi) is 31.9. The lowest BCUT2D eigenvalue weighted by Crippen LogP contribution is -2.52. The lowest BCUT2D eigenvalue weighted by molar-refractivity contribution is -0.374. The summed E-state index contributed by atoms with van der Waals surface area (Å²) >= 11 is 7.50. The van der Waals surface area contributed by atoms with E-state index in [1.807, 2.05) is 32.0 Å². The molecule has 0 atom stereocenters. The van der Waals surface area contributed by atoms with Crippen LogP contribution in [0.15, 0.2) is 30.5 Å². The van der Waals surface area contributed by atoms with E-state index in [2.05, 4.69) is 46.4 Å². The molecule has 3 aromatic rings. The van der Waals surface area contributed by atoms with Crippen LogP contribution < -0.4 is 26.6 Å². The number of nitrogens with zero attached hydrogens (tertiary/aromatic N) is 5. The van der Waals surface area contributed by atoms with Crippen LogP contribution in [0.1, 0.15) is 21.1 Å². The van der Waals surface area contributed by atoms with Crippen LogP contribution in [0.2, 0.25) is 5.02 Å². The Bertz CT molecular complexity index is 1830. The van der Waals surface area contributed by atoms with Crippen LogP contribution in [0, 0.1) is 13.8 Å². The number of carbonyl (C=O) groups is 2. The van der Waals surface area contributed by atoms with Gasteiger partial charge in [-0.1, -0.05) is 35.1 Å². The number of thiazole rings is 1. The third-order valence-corrected chi connectivity index (χ3v) is 11.1. The van der Waals surface area contributed by atoms with Crippen LogP contribution in [-0.2, 0) is 56.9 Å². The third-order valence-electron chi connectivity index (χ3n) is 9.89.